The molecule has 0 aliphatic carbocycles. The van der Waals surface area contributed by atoms with E-state index in [1.165, 1.54) is 11.0 Å². The number of carboxylic acid groups (broad SMARTS) is 1. The maximum Gasteiger partial charge on any atom is 0.328 e. The van der Waals surface area contributed by atoms with Gasteiger partial charge in [-0.05, 0) is 35.2 Å². The van der Waals surface area contributed by atoms with Gasteiger partial charge in [-0.15, -0.1) is 11.3 Å². The zero-order valence-corrected chi connectivity index (χ0v) is 12.3. The van der Waals surface area contributed by atoms with Crippen LogP contribution in [-0.2, 0) is 11.3 Å². The van der Waals surface area contributed by atoms with Crippen LogP contribution in [0.1, 0.15) is 16.0 Å². The maximum absolute atomic E-state index is 10.5. The quantitative estimate of drug-likeness (QED) is 0.860. The Kier molecular flexibility index (Phi) is 4.75. The number of rotatable bonds is 5. The minimum Gasteiger partial charge on any atom is -0.478 e. The number of hydrogen-bond donors (Lipinski definition) is 1. The summed E-state index contributed by atoms with van der Waals surface area (Å²) < 4.78 is 0. The second-order valence-electron chi connectivity index (χ2n) is 4.50. The van der Waals surface area contributed by atoms with E-state index in [1.54, 1.807) is 23.5 Å². The number of anilines is 1. The molecule has 0 saturated heterocycles. The monoisotopic (exact) mass is 298 g/mol. The molecule has 0 amide bonds. The van der Waals surface area contributed by atoms with Crippen molar-refractivity contribution < 1.29 is 9.90 Å². The first-order valence-corrected chi connectivity index (χ1v) is 7.17. The van der Waals surface area contributed by atoms with Crippen molar-refractivity contribution in [3.05, 3.63) is 57.8 Å². The molecule has 0 bridgehead atoms. The summed E-state index contributed by atoms with van der Waals surface area (Å²) in [7, 11) is 1.93. The van der Waals surface area contributed by atoms with Crippen molar-refractivity contribution in [2.75, 3.05) is 11.9 Å². The molecule has 4 nitrogen and oxygen atoms in total. The van der Waals surface area contributed by atoms with E-state index in [-0.39, 0.29) is 0 Å². The average Bonchev–Trinajstić information content (AvgIpc) is 2.97. The fourth-order valence-corrected chi connectivity index (χ4v) is 2.73. The summed E-state index contributed by atoms with van der Waals surface area (Å²) >= 11 is 1.67. The molecule has 5 heteroatoms. The van der Waals surface area contributed by atoms with E-state index in [2.05, 4.69) is 12.1 Å². The van der Waals surface area contributed by atoms with Crippen molar-refractivity contribution in [2.24, 2.45) is 0 Å². The normalized spacial score (nSPS) is 10.5. The lowest BCUT2D eigenvalue weighted by molar-refractivity contribution is -0.131. The molecule has 0 aliphatic rings. The molecule has 1 N–H and O–H groups in total. The molecular formula is C16H14N2O2S. The van der Waals surface area contributed by atoms with Crippen LogP contribution >= 0.6 is 11.3 Å². The molecule has 0 aliphatic heterocycles. The smallest absolute Gasteiger partial charge is 0.328 e. The maximum atomic E-state index is 10.5. The molecule has 21 heavy (non-hydrogen) atoms. The topological polar surface area (TPSA) is 64.3 Å². The zero-order valence-electron chi connectivity index (χ0n) is 11.5. The summed E-state index contributed by atoms with van der Waals surface area (Å²) in [6, 6.07) is 11.6. The molecule has 1 aromatic heterocycles. The van der Waals surface area contributed by atoms with Crippen LogP contribution in [0, 0.1) is 11.3 Å². The van der Waals surface area contributed by atoms with Gasteiger partial charge in [0.15, 0.2) is 0 Å². The lowest BCUT2D eigenvalue weighted by atomic mass is 10.1. The number of hydrogen-bond acceptors (Lipinski definition) is 4. The lowest BCUT2D eigenvalue weighted by Crippen LogP contribution is -2.16. The Hall–Kier alpha value is -2.58. The highest BCUT2D eigenvalue weighted by atomic mass is 32.1. The minimum atomic E-state index is -1.01. The van der Waals surface area contributed by atoms with Crippen molar-refractivity contribution in [2.45, 2.75) is 6.54 Å². The van der Waals surface area contributed by atoms with Crippen molar-refractivity contribution in [1.29, 1.82) is 5.26 Å². The van der Waals surface area contributed by atoms with E-state index >= 15 is 0 Å². The van der Waals surface area contributed by atoms with E-state index in [4.69, 9.17) is 5.11 Å². The number of nitrogens with zero attached hydrogens (tertiary/aromatic N) is 2. The number of benzene rings is 1. The molecule has 0 atom stereocenters. The Morgan fingerprint density at radius 3 is 2.90 bits per heavy atom. The van der Waals surface area contributed by atoms with Gasteiger partial charge in [0.2, 0.25) is 0 Å². The van der Waals surface area contributed by atoms with Crippen LogP contribution in [0.5, 0.6) is 0 Å². The minimum absolute atomic E-state index is 0.529. The van der Waals surface area contributed by atoms with Crippen LogP contribution in [0.3, 0.4) is 0 Å². The zero-order chi connectivity index (χ0) is 15.2. The van der Waals surface area contributed by atoms with Crippen LogP contribution in [0.4, 0.5) is 5.69 Å². The van der Waals surface area contributed by atoms with E-state index in [9.17, 15) is 10.1 Å². The van der Waals surface area contributed by atoms with Crippen LogP contribution in [0.15, 0.2) is 41.8 Å². The van der Waals surface area contributed by atoms with Gasteiger partial charge in [-0.3, -0.25) is 0 Å². The molecule has 0 spiro atoms. The highest BCUT2D eigenvalue weighted by molar-refractivity contribution is 7.09. The van der Waals surface area contributed by atoms with Gasteiger partial charge in [-0.1, -0.05) is 12.1 Å². The van der Waals surface area contributed by atoms with Gasteiger partial charge < -0.3 is 10.0 Å². The molecule has 2 rings (SSSR count). The Bertz CT molecular complexity index is 700. The summed E-state index contributed by atoms with van der Waals surface area (Å²) in [5.41, 5.74) is 2.06. The number of nitriles is 1. The second kappa shape index (κ2) is 6.73. The second-order valence-corrected chi connectivity index (χ2v) is 5.53. The third-order valence-corrected chi connectivity index (χ3v) is 3.80. The average molecular weight is 298 g/mol. The fraction of sp³-hybridized carbons (Fsp3) is 0.125. The SMILES string of the molecule is CN(Cc1cccs1)c1ccc(/C=C/C(=O)O)cc1C#N. The predicted octanol–water partition coefficient (Wildman–Crippen LogP) is 3.35. The number of aliphatic carboxylic acids is 1. The van der Waals surface area contributed by atoms with Crippen LogP contribution in [0.2, 0.25) is 0 Å². The summed E-state index contributed by atoms with van der Waals surface area (Å²) in [6.45, 7) is 0.733. The van der Waals surface area contributed by atoms with Crippen LogP contribution in [0.25, 0.3) is 6.08 Å². The van der Waals surface area contributed by atoms with Crippen molar-refractivity contribution in [1.82, 2.24) is 0 Å². The lowest BCUT2D eigenvalue weighted by Gasteiger charge is -2.20. The van der Waals surface area contributed by atoms with Gasteiger partial charge in [0.05, 0.1) is 17.8 Å². The van der Waals surface area contributed by atoms with E-state index in [0.29, 0.717) is 11.1 Å². The summed E-state index contributed by atoms with van der Waals surface area (Å²) in [4.78, 5) is 13.7. The fourth-order valence-electron chi connectivity index (χ4n) is 1.97. The van der Waals surface area contributed by atoms with Gasteiger partial charge >= 0.3 is 5.97 Å². The van der Waals surface area contributed by atoms with Gasteiger partial charge in [0, 0.05) is 18.0 Å². The number of thiophene rings is 1. The summed E-state index contributed by atoms with van der Waals surface area (Å²) in [5.74, 6) is -1.01. The van der Waals surface area contributed by atoms with Crippen molar-refractivity contribution >= 4 is 29.1 Å². The third kappa shape index (κ3) is 3.94. The molecular weight excluding hydrogens is 284 g/mol. The van der Waals surface area contributed by atoms with Crippen molar-refractivity contribution in [3.63, 3.8) is 0 Å². The first-order valence-electron chi connectivity index (χ1n) is 6.29. The van der Waals surface area contributed by atoms with Gasteiger partial charge in [-0.2, -0.15) is 5.26 Å². The van der Waals surface area contributed by atoms with Crippen LogP contribution in [-0.4, -0.2) is 18.1 Å². The third-order valence-electron chi connectivity index (χ3n) is 2.94. The first-order chi connectivity index (χ1) is 10.1. The first kappa shape index (κ1) is 14.8. The summed E-state index contributed by atoms with van der Waals surface area (Å²) in [6.07, 6.45) is 2.54. The molecule has 0 fully saturated rings. The molecule has 0 radical (unpaired) electrons. The molecule has 2 aromatic rings. The highest BCUT2D eigenvalue weighted by Gasteiger charge is 2.09. The predicted molar refractivity (Wildman–Crippen MR) is 84.3 cm³/mol. The van der Waals surface area contributed by atoms with Gasteiger partial charge in [-0.25, -0.2) is 4.79 Å². The Morgan fingerprint density at radius 2 is 2.29 bits per heavy atom. The van der Waals surface area contributed by atoms with Crippen LogP contribution < -0.4 is 4.90 Å². The molecule has 1 aromatic carbocycles. The Morgan fingerprint density at radius 1 is 1.48 bits per heavy atom. The van der Waals surface area contributed by atoms with E-state index < -0.39 is 5.97 Å². The van der Waals surface area contributed by atoms with Gasteiger partial charge in [0.1, 0.15) is 6.07 Å². The molecule has 0 unspecified atom stereocenters. The summed E-state index contributed by atoms with van der Waals surface area (Å²) in [5, 5.41) is 19.9. The molecule has 106 valence electrons. The Labute approximate surface area is 127 Å². The van der Waals surface area contributed by atoms with Gasteiger partial charge in [0.25, 0.3) is 0 Å². The van der Waals surface area contributed by atoms with Crippen molar-refractivity contribution in [3.8, 4) is 6.07 Å². The van der Waals surface area contributed by atoms with E-state index in [1.807, 2.05) is 29.5 Å². The van der Waals surface area contributed by atoms with E-state index in [0.717, 1.165) is 18.3 Å². The number of carbonyl (C=O) groups is 1. The largest absolute Gasteiger partial charge is 0.478 e. The number of carboxylic acids is 1. The molecule has 0 saturated carbocycles. The Balaban J connectivity index is 2.24. The molecule has 1 heterocycles. The highest BCUT2D eigenvalue weighted by Crippen LogP contribution is 2.23. The standard InChI is InChI=1S/C16H14N2O2S/c1-18(11-14-3-2-8-21-14)15-6-4-12(5-7-16(19)20)9-13(15)10-17/h2-9H,11H2,1H3,(H,19,20)/b7-5+.